The van der Waals surface area contributed by atoms with Gasteiger partial charge in [-0.05, 0) is 23.8 Å². The van der Waals surface area contributed by atoms with Gasteiger partial charge in [0.05, 0.1) is 31.7 Å². The summed E-state index contributed by atoms with van der Waals surface area (Å²) in [7, 11) is 4.67. The number of halogens is 1. The van der Waals surface area contributed by atoms with Crippen LogP contribution in [0.3, 0.4) is 0 Å². The topological polar surface area (TPSA) is 62.6 Å². The molecular weight excluding hydrogens is 292 g/mol. The van der Waals surface area contributed by atoms with E-state index >= 15 is 0 Å². The van der Waals surface area contributed by atoms with Gasteiger partial charge in [0.15, 0.2) is 11.5 Å². The third-order valence-electron chi connectivity index (χ3n) is 2.81. The van der Waals surface area contributed by atoms with Gasteiger partial charge in [0.25, 0.3) is 0 Å². The van der Waals surface area contributed by atoms with E-state index in [0.717, 1.165) is 5.56 Å². The number of ether oxygens (including phenoxy) is 2. The third kappa shape index (κ3) is 4.69. The summed E-state index contributed by atoms with van der Waals surface area (Å²) < 4.78 is 10.3. The van der Waals surface area contributed by atoms with Crippen LogP contribution in [-0.4, -0.2) is 38.6 Å². The van der Waals surface area contributed by atoms with Crippen LogP contribution in [0.5, 0.6) is 11.5 Å². The first-order chi connectivity index (χ1) is 10.0. The second-order valence-corrected chi connectivity index (χ2v) is 4.65. The molecule has 0 atom stereocenters. The Kier molecular flexibility index (Phi) is 6.57. The van der Waals surface area contributed by atoms with Gasteiger partial charge in [0, 0.05) is 19.7 Å². The average Bonchev–Trinajstić information content (AvgIpc) is 2.49. The molecule has 0 bridgehead atoms. The molecule has 0 aromatic heterocycles. The highest BCUT2D eigenvalue weighted by Crippen LogP contribution is 2.36. The molecule has 0 saturated carbocycles. The predicted molar refractivity (Wildman–Crippen MR) is 81.5 cm³/mol. The van der Waals surface area contributed by atoms with Gasteiger partial charge in [-0.2, -0.15) is 5.26 Å². The zero-order valence-electron chi connectivity index (χ0n) is 12.2. The quantitative estimate of drug-likeness (QED) is 0.758. The van der Waals surface area contributed by atoms with Crippen molar-refractivity contribution >= 4 is 23.6 Å². The van der Waals surface area contributed by atoms with Crippen molar-refractivity contribution in [2.75, 3.05) is 27.8 Å². The van der Waals surface area contributed by atoms with Crippen LogP contribution in [0.15, 0.2) is 18.2 Å². The van der Waals surface area contributed by atoms with E-state index in [1.54, 1.807) is 25.3 Å². The minimum Gasteiger partial charge on any atom is -0.493 e. The first-order valence-electron chi connectivity index (χ1n) is 6.25. The smallest absolute Gasteiger partial charge is 0.246 e. The number of hydrogen-bond donors (Lipinski definition) is 0. The summed E-state index contributed by atoms with van der Waals surface area (Å²) in [5.41, 5.74) is 0.722. The largest absolute Gasteiger partial charge is 0.493 e. The van der Waals surface area contributed by atoms with Crippen molar-refractivity contribution < 1.29 is 14.3 Å². The van der Waals surface area contributed by atoms with Crippen molar-refractivity contribution in [3.63, 3.8) is 0 Å². The molecule has 0 N–H and O–H groups in total. The van der Waals surface area contributed by atoms with Crippen LogP contribution in [0.2, 0.25) is 5.02 Å². The van der Waals surface area contributed by atoms with Crippen molar-refractivity contribution in [3.05, 3.63) is 28.8 Å². The standard InChI is InChI=1S/C15H17ClN2O3/c1-18(8-4-7-17)14(19)6-5-11-9-12(16)15(21-3)13(10-11)20-2/h5-6,9-10H,4,8H2,1-3H3/b6-5+. The minimum absolute atomic E-state index is 0.184. The summed E-state index contributed by atoms with van der Waals surface area (Å²) in [6.07, 6.45) is 3.37. The lowest BCUT2D eigenvalue weighted by Gasteiger charge is -2.12. The van der Waals surface area contributed by atoms with Gasteiger partial charge in [-0.15, -0.1) is 0 Å². The Labute approximate surface area is 129 Å². The third-order valence-corrected chi connectivity index (χ3v) is 3.09. The lowest BCUT2D eigenvalue weighted by atomic mass is 10.2. The molecule has 0 aliphatic heterocycles. The summed E-state index contributed by atoms with van der Waals surface area (Å²) in [5, 5.41) is 8.90. The molecule has 0 aliphatic rings. The fourth-order valence-corrected chi connectivity index (χ4v) is 1.95. The Morgan fingerprint density at radius 1 is 1.43 bits per heavy atom. The number of rotatable bonds is 6. The van der Waals surface area contributed by atoms with Gasteiger partial charge in [0.1, 0.15) is 0 Å². The van der Waals surface area contributed by atoms with Crippen molar-refractivity contribution in [1.82, 2.24) is 4.90 Å². The molecule has 1 rings (SSSR count). The summed E-state index contributed by atoms with van der Waals surface area (Å²) in [4.78, 5) is 13.3. The Balaban J connectivity index is 2.88. The molecule has 112 valence electrons. The van der Waals surface area contributed by atoms with Crippen LogP contribution < -0.4 is 9.47 Å². The Morgan fingerprint density at radius 3 is 2.71 bits per heavy atom. The maximum atomic E-state index is 11.8. The van der Waals surface area contributed by atoms with Crippen LogP contribution in [0.25, 0.3) is 6.08 Å². The first kappa shape index (κ1) is 16.9. The zero-order chi connectivity index (χ0) is 15.8. The second kappa shape index (κ2) is 8.18. The van der Waals surface area contributed by atoms with E-state index in [1.165, 1.54) is 25.2 Å². The monoisotopic (exact) mass is 308 g/mol. The number of hydrogen-bond acceptors (Lipinski definition) is 4. The average molecular weight is 309 g/mol. The molecular formula is C15H17ClN2O3. The molecule has 1 amide bonds. The van der Waals surface area contributed by atoms with E-state index in [2.05, 4.69) is 0 Å². The zero-order valence-corrected chi connectivity index (χ0v) is 13.0. The van der Waals surface area contributed by atoms with E-state index in [0.29, 0.717) is 29.5 Å². The summed E-state index contributed by atoms with van der Waals surface area (Å²) in [6.45, 7) is 0.395. The Bertz CT molecular complexity index is 579. The lowest BCUT2D eigenvalue weighted by molar-refractivity contribution is -0.124. The number of carbonyl (C=O) groups excluding carboxylic acids is 1. The SMILES string of the molecule is COc1cc(/C=C/C(=O)N(C)CCC#N)cc(Cl)c1OC. The number of amides is 1. The van der Waals surface area contributed by atoms with Crippen molar-refractivity contribution in [2.24, 2.45) is 0 Å². The van der Waals surface area contributed by atoms with E-state index in [1.807, 2.05) is 6.07 Å². The van der Waals surface area contributed by atoms with Crippen LogP contribution in [-0.2, 0) is 4.79 Å². The maximum absolute atomic E-state index is 11.8. The molecule has 0 heterocycles. The van der Waals surface area contributed by atoms with Crippen molar-refractivity contribution in [1.29, 1.82) is 5.26 Å². The Morgan fingerprint density at radius 2 is 2.14 bits per heavy atom. The molecule has 5 nitrogen and oxygen atoms in total. The van der Waals surface area contributed by atoms with Gasteiger partial charge < -0.3 is 14.4 Å². The molecule has 1 aromatic carbocycles. The van der Waals surface area contributed by atoms with Crippen LogP contribution in [0.4, 0.5) is 0 Å². The second-order valence-electron chi connectivity index (χ2n) is 4.24. The normalized spacial score (nSPS) is 10.2. The number of carbonyl (C=O) groups is 1. The van der Waals surface area contributed by atoms with Gasteiger partial charge in [0.2, 0.25) is 5.91 Å². The molecule has 0 fully saturated rings. The molecule has 1 aromatic rings. The predicted octanol–water partition coefficient (Wildman–Crippen LogP) is 2.74. The van der Waals surface area contributed by atoms with E-state index in [4.69, 9.17) is 26.3 Å². The summed E-state index contributed by atoms with van der Waals surface area (Å²) in [5.74, 6) is 0.764. The number of likely N-dealkylation sites (N-methyl/N-ethyl adjacent to an activating group) is 1. The van der Waals surface area contributed by atoms with Gasteiger partial charge in [-0.1, -0.05) is 11.6 Å². The molecule has 6 heteroatoms. The fraction of sp³-hybridized carbons (Fsp3) is 0.333. The first-order valence-corrected chi connectivity index (χ1v) is 6.63. The molecule has 21 heavy (non-hydrogen) atoms. The molecule has 0 radical (unpaired) electrons. The molecule has 0 saturated heterocycles. The van der Waals surface area contributed by atoms with E-state index < -0.39 is 0 Å². The van der Waals surface area contributed by atoms with Gasteiger partial charge >= 0.3 is 0 Å². The van der Waals surface area contributed by atoms with E-state index in [-0.39, 0.29) is 5.91 Å². The van der Waals surface area contributed by atoms with Crippen molar-refractivity contribution in [3.8, 4) is 17.6 Å². The lowest BCUT2D eigenvalue weighted by Crippen LogP contribution is -2.25. The van der Waals surface area contributed by atoms with Crippen molar-refractivity contribution in [2.45, 2.75) is 6.42 Å². The number of benzene rings is 1. The van der Waals surface area contributed by atoms with Gasteiger partial charge in [-0.3, -0.25) is 4.79 Å². The molecule has 0 spiro atoms. The van der Waals surface area contributed by atoms with Crippen LogP contribution in [0.1, 0.15) is 12.0 Å². The van der Waals surface area contributed by atoms with Crippen LogP contribution >= 0.6 is 11.6 Å². The fourth-order valence-electron chi connectivity index (χ4n) is 1.66. The summed E-state index contributed by atoms with van der Waals surface area (Å²) >= 11 is 6.09. The number of methoxy groups -OCH3 is 2. The Hall–Kier alpha value is -2.19. The summed E-state index contributed by atoms with van der Waals surface area (Å²) in [6, 6.07) is 5.41. The van der Waals surface area contributed by atoms with Crippen LogP contribution in [0, 0.1) is 11.3 Å². The maximum Gasteiger partial charge on any atom is 0.246 e. The number of nitrogens with zero attached hydrogens (tertiary/aromatic N) is 2. The van der Waals surface area contributed by atoms with Gasteiger partial charge in [-0.25, -0.2) is 0 Å². The molecule has 0 unspecified atom stereocenters. The van der Waals surface area contributed by atoms with E-state index in [9.17, 15) is 4.79 Å². The minimum atomic E-state index is -0.184. The molecule has 0 aliphatic carbocycles. The highest BCUT2D eigenvalue weighted by atomic mass is 35.5. The highest BCUT2D eigenvalue weighted by molar-refractivity contribution is 6.32. The highest BCUT2D eigenvalue weighted by Gasteiger charge is 2.10. The number of nitriles is 1.